The van der Waals surface area contributed by atoms with E-state index in [1.807, 2.05) is 6.92 Å². The van der Waals surface area contributed by atoms with E-state index in [9.17, 15) is 0 Å². The molecule has 102 valence electrons. The number of rotatable bonds is 2. The predicted octanol–water partition coefficient (Wildman–Crippen LogP) is -0.488. The van der Waals surface area contributed by atoms with Crippen molar-refractivity contribution in [1.29, 1.82) is 0 Å². The molecule has 7 nitrogen and oxygen atoms in total. The van der Waals surface area contributed by atoms with E-state index in [0.29, 0.717) is 18.4 Å². The summed E-state index contributed by atoms with van der Waals surface area (Å²) in [4.78, 5) is 13.2. The molecule has 0 spiro atoms. The molecular weight excluding hydrogens is 242 g/mol. The number of hydrogen-bond acceptors (Lipinski definition) is 6. The van der Waals surface area contributed by atoms with Crippen LogP contribution >= 0.6 is 0 Å². The van der Waals surface area contributed by atoms with Gasteiger partial charge >= 0.3 is 0 Å². The second-order valence-corrected chi connectivity index (χ2v) is 5.07. The fourth-order valence-corrected chi connectivity index (χ4v) is 2.63. The summed E-state index contributed by atoms with van der Waals surface area (Å²) < 4.78 is 1.79. The van der Waals surface area contributed by atoms with Crippen LogP contribution in [0.25, 0.3) is 5.78 Å². The van der Waals surface area contributed by atoms with Crippen molar-refractivity contribution in [2.75, 3.05) is 38.1 Å². The van der Waals surface area contributed by atoms with E-state index in [0.717, 1.165) is 31.1 Å². The summed E-state index contributed by atoms with van der Waals surface area (Å²) in [5, 5.41) is 4.27. The van der Waals surface area contributed by atoms with Crippen LogP contribution in [0.15, 0.2) is 12.4 Å². The van der Waals surface area contributed by atoms with E-state index >= 15 is 0 Å². The lowest BCUT2D eigenvalue weighted by Crippen LogP contribution is -2.55. The van der Waals surface area contributed by atoms with Crippen LogP contribution in [-0.4, -0.2) is 63.8 Å². The molecule has 0 saturated carbocycles. The second-order valence-electron chi connectivity index (χ2n) is 5.07. The first-order chi connectivity index (χ1) is 9.19. The van der Waals surface area contributed by atoms with Gasteiger partial charge in [-0.15, -0.1) is 0 Å². The van der Waals surface area contributed by atoms with Gasteiger partial charge in [-0.05, 0) is 14.0 Å². The molecule has 1 aliphatic rings. The van der Waals surface area contributed by atoms with Crippen molar-refractivity contribution in [3.05, 3.63) is 18.1 Å². The minimum absolute atomic E-state index is 0.299. The average Bonchev–Trinajstić information content (AvgIpc) is 2.85. The molecule has 0 bridgehead atoms. The maximum atomic E-state index is 5.92. The number of aryl methyl sites for hydroxylation is 1. The van der Waals surface area contributed by atoms with Gasteiger partial charge in [-0.1, -0.05) is 0 Å². The molecule has 1 unspecified atom stereocenters. The van der Waals surface area contributed by atoms with Gasteiger partial charge < -0.3 is 15.5 Å². The van der Waals surface area contributed by atoms with E-state index in [-0.39, 0.29) is 0 Å². The first-order valence-electron chi connectivity index (χ1n) is 6.51. The highest BCUT2D eigenvalue weighted by atomic mass is 15.4. The normalized spacial score (nSPS) is 21.2. The van der Waals surface area contributed by atoms with Gasteiger partial charge in [0, 0.05) is 37.9 Å². The summed E-state index contributed by atoms with van der Waals surface area (Å²) in [6, 6.07) is 2.35. The van der Waals surface area contributed by atoms with Crippen molar-refractivity contribution >= 4 is 11.6 Å². The number of piperazine rings is 1. The summed E-state index contributed by atoms with van der Waals surface area (Å²) >= 11 is 0. The van der Waals surface area contributed by atoms with Crippen molar-refractivity contribution in [1.82, 2.24) is 24.5 Å². The number of hydrogen-bond donors (Lipinski definition) is 1. The molecule has 2 N–H and O–H groups in total. The molecule has 7 heteroatoms. The van der Waals surface area contributed by atoms with Crippen LogP contribution in [0.3, 0.4) is 0 Å². The largest absolute Gasteiger partial charge is 0.350 e. The van der Waals surface area contributed by atoms with E-state index in [1.54, 1.807) is 10.8 Å². The number of fused-ring (bicyclic) bond motifs is 1. The molecule has 19 heavy (non-hydrogen) atoms. The van der Waals surface area contributed by atoms with Crippen molar-refractivity contribution in [2.24, 2.45) is 5.73 Å². The number of anilines is 1. The number of aromatic nitrogens is 4. The van der Waals surface area contributed by atoms with E-state index < -0.39 is 0 Å². The molecular formula is C12H19N7. The van der Waals surface area contributed by atoms with Crippen LogP contribution in [0.1, 0.15) is 5.69 Å². The lowest BCUT2D eigenvalue weighted by Gasteiger charge is -2.40. The van der Waals surface area contributed by atoms with Gasteiger partial charge in [-0.3, -0.25) is 0 Å². The van der Waals surface area contributed by atoms with Crippen molar-refractivity contribution in [3.8, 4) is 0 Å². The summed E-state index contributed by atoms with van der Waals surface area (Å²) in [6.45, 7) is 5.53. The minimum Gasteiger partial charge on any atom is -0.350 e. The summed E-state index contributed by atoms with van der Waals surface area (Å²) in [5.74, 6) is 1.67. The lowest BCUT2D eigenvalue weighted by atomic mass is 10.1. The van der Waals surface area contributed by atoms with E-state index in [4.69, 9.17) is 5.73 Å². The van der Waals surface area contributed by atoms with Gasteiger partial charge in [-0.2, -0.15) is 14.6 Å². The Morgan fingerprint density at radius 2 is 2.26 bits per heavy atom. The molecule has 2 aromatic heterocycles. The third-order valence-corrected chi connectivity index (χ3v) is 3.61. The molecule has 0 aliphatic carbocycles. The van der Waals surface area contributed by atoms with Crippen molar-refractivity contribution < 1.29 is 0 Å². The maximum Gasteiger partial charge on any atom is 0.254 e. The third kappa shape index (κ3) is 2.15. The summed E-state index contributed by atoms with van der Waals surface area (Å²) in [6.07, 6.45) is 1.54. The van der Waals surface area contributed by atoms with Gasteiger partial charge in [-0.25, -0.2) is 4.98 Å². The van der Waals surface area contributed by atoms with Crippen LogP contribution in [-0.2, 0) is 0 Å². The monoisotopic (exact) mass is 261 g/mol. The Morgan fingerprint density at radius 1 is 1.42 bits per heavy atom. The predicted molar refractivity (Wildman–Crippen MR) is 73.2 cm³/mol. The zero-order valence-corrected chi connectivity index (χ0v) is 11.3. The highest BCUT2D eigenvalue weighted by Crippen LogP contribution is 2.20. The molecule has 1 fully saturated rings. The van der Waals surface area contributed by atoms with Crippen LogP contribution in [0.5, 0.6) is 0 Å². The van der Waals surface area contributed by atoms with E-state index in [1.165, 1.54) is 0 Å². The molecule has 0 radical (unpaired) electrons. The fraction of sp³-hybridized carbons (Fsp3) is 0.583. The SMILES string of the molecule is Cc1cc(N2CCN(C)CC2CN)n2ncnc2n1. The Morgan fingerprint density at radius 3 is 3.05 bits per heavy atom. The topological polar surface area (TPSA) is 75.6 Å². The van der Waals surface area contributed by atoms with E-state index in [2.05, 4.69) is 38.0 Å². The van der Waals surface area contributed by atoms with Crippen molar-refractivity contribution in [3.63, 3.8) is 0 Å². The average molecular weight is 261 g/mol. The van der Waals surface area contributed by atoms with Crippen LogP contribution in [0.2, 0.25) is 0 Å². The fourth-order valence-electron chi connectivity index (χ4n) is 2.63. The second kappa shape index (κ2) is 4.75. The molecule has 3 heterocycles. The Balaban J connectivity index is 2.05. The molecule has 3 rings (SSSR count). The maximum absolute atomic E-state index is 5.92. The molecule has 2 aromatic rings. The van der Waals surface area contributed by atoms with Gasteiger partial charge in [0.05, 0.1) is 6.04 Å². The summed E-state index contributed by atoms with van der Waals surface area (Å²) in [5.41, 5.74) is 6.87. The number of nitrogens with two attached hydrogens (primary N) is 1. The quantitative estimate of drug-likeness (QED) is 0.786. The first kappa shape index (κ1) is 12.3. The minimum atomic E-state index is 0.299. The Bertz CT molecular complexity index is 578. The number of likely N-dealkylation sites (N-methyl/N-ethyl adjacent to an activating group) is 1. The number of nitrogens with zero attached hydrogens (tertiary/aromatic N) is 6. The molecule has 1 saturated heterocycles. The lowest BCUT2D eigenvalue weighted by molar-refractivity contribution is 0.268. The summed E-state index contributed by atoms with van der Waals surface area (Å²) in [7, 11) is 2.13. The highest BCUT2D eigenvalue weighted by molar-refractivity contribution is 5.48. The van der Waals surface area contributed by atoms with Crippen LogP contribution < -0.4 is 10.6 Å². The molecule has 0 amide bonds. The van der Waals surface area contributed by atoms with Gasteiger partial charge in [0.25, 0.3) is 5.78 Å². The highest BCUT2D eigenvalue weighted by Gasteiger charge is 2.26. The standard InChI is InChI=1S/C12H19N7/c1-9-5-11(19-12(16-9)14-8-15-19)18-4-3-17(2)7-10(18)6-13/h5,8,10H,3-4,6-7,13H2,1-2H3. The van der Waals surface area contributed by atoms with Crippen LogP contribution in [0.4, 0.5) is 5.82 Å². The van der Waals surface area contributed by atoms with Gasteiger partial charge in [0.2, 0.25) is 0 Å². The van der Waals surface area contributed by atoms with Gasteiger partial charge in [0.15, 0.2) is 0 Å². The Labute approximate surface area is 112 Å². The molecule has 1 atom stereocenters. The van der Waals surface area contributed by atoms with Crippen LogP contribution in [0, 0.1) is 6.92 Å². The third-order valence-electron chi connectivity index (χ3n) is 3.61. The van der Waals surface area contributed by atoms with Crippen molar-refractivity contribution in [2.45, 2.75) is 13.0 Å². The smallest absolute Gasteiger partial charge is 0.254 e. The molecule has 0 aromatic carbocycles. The Hall–Kier alpha value is -1.73. The van der Waals surface area contributed by atoms with Gasteiger partial charge in [0.1, 0.15) is 12.1 Å². The molecule has 1 aliphatic heterocycles. The Kier molecular flexibility index (Phi) is 3.08. The zero-order valence-electron chi connectivity index (χ0n) is 11.3. The zero-order chi connectivity index (χ0) is 13.4. The first-order valence-corrected chi connectivity index (χ1v) is 6.51.